The minimum Gasteiger partial charge on any atom is -0.468 e. The highest BCUT2D eigenvalue weighted by Gasteiger charge is 2.36. The van der Waals surface area contributed by atoms with Crippen LogP contribution in [0, 0.1) is 11.3 Å². The van der Waals surface area contributed by atoms with Gasteiger partial charge in [0.25, 0.3) is 0 Å². The minimum atomic E-state index is -0.558. The number of hydrogen-bond donors (Lipinski definition) is 1. The van der Waals surface area contributed by atoms with Crippen molar-refractivity contribution < 1.29 is 14.6 Å². The zero-order chi connectivity index (χ0) is 14.7. The van der Waals surface area contributed by atoms with Gasteiger partial charge in [-0.1, -0.05) is 17.7 Å². The van der Waals surface area contributed by atoms with Gasteiger partial charge in [-0.25, -0.2) is 0 Å². The molecule has 0 radical (unpaired) electrons. The van der Waals surface area contributed by atoms with Gasteiger partial charge >= 0.3 is 5.97 Å². The standard InChI is InChI=1S/C14H15ClN2O3/c1-20-14(19)13-5-12(18)8-17(13)7-9-2-3-11(15)4-10(9)6-16/h2-4,12-13,18H,5,7-8H2,1H3/t12-,13+/m1/s1. The number of nitrogens with zero attached hydrogens (tertiary/aromatic N) is 2. The monoisotopic (exact) mass is 294 g/mol. The number of ether oxygens (including phenoxy) is 1. The summed E-state index contributed by atoms with van der Waals surface area (Å²) in [6.07, 6.45) is -0.209. The zero-order valence-corrected chi connectivity index (χ0v) is 11.8. The van der Waals surface area contributed by atoms with Gasteiger partial charge in [0.2, 0.25) is 0 Å². The molecule has 1 aliphatic heterocycles. The van der Waals surface area contributed by atoms with Gasteiger partial charge in [0.05, 0.1) is 24.8 Å². The summed E-state index contributed by atoms with van der Waals surface area (Å²) in [6.45, 7) is 0.782. The number of likely N-dealkylation sites (tertiary alicyclic amines) is 1. The third-order valence-corrected chi connectivity index (χ3v) is 3.66. The number of hydrogen-bond acceptors (Lipinski definition) is 5. The van der Waals surface area contributed by atoms with Gasteiger partial charge in [-0.05, 0) is 17.7 Å². The Morgan fingerprint density at radius 1 is 1.65 bits per heavy atom. The molecule has 1 N–H and O–H groups in total. The molecule has 1 fully saturated rings. The van der Waals surface area contributed by atoms with Crippen molar-refractivity contribution >= 4 is 17.6 Å². The maximum atomic E-state index is 11.7. The molecule has 1 heterocycles. The predicted octanol–water partition coefficient (Wildman–Crippen LogP) is 1.32. The molecule has 5 nitrogen and oxygen atoms in total. The van der Waals surface area contributed by atoms with E-state index in [1.807, 2.05) is 4.90 Å². The Hall–Kier alpha value is -1.61. The summed E-state index contributed by atoms with van der Waals surface area (Å²) >= 11 is 5.86. The Bertz CT molecular complexity index is 556. The van der Waals surface area contributed by atoms with E-state index < -0.39 is 12.1 Å². The number of rotatable bonds is 3. The largest absolute Gasteiger partial charge is 0.468 e. The average Bonchev–Trinajstić information content (AvgIpc) is 2.80. The lowest BCUT2D eigenvalue weighted by molar-refractivity contribution is -0.146. The van der Waals surface area contributed by atoms with Crippen molar-refractivity contribution in [2.45, 2.75) is 25.1 Å². The Morgan fingerprint density at radius 2 is 2.40 bits per heavy atom. The molecular weight excluding hydrogens is 280 g/mol. The number of aliphatic hydroxyl groups excluding tert-OH is 1. The first kappa shape index (κ1) is 14.8. The summed E-state index contributed by atoms with van der Waals surface area (Å²) in [4.78, 5) is 13.5. The van der Waals surface area contributed by atoms with Crippen molar-refractivity contribution in [3.63, 3.8) is 0 Å². The fourth-order valence-electron chi connectivity index (χ4n) is 2.44. The van der Waals surface area contributed by atoms with Crippen molar-refractivity contribution in [3.8, 4) is 6.07 Å². The normalized spacial score (nSPS) is 22.5. The number of carbonyl (C=O) groups is 1. The summed E-state index contributed by atoms with van der Waals surface area (Å²) in [7, 11) is 1.33. The fraction of sp³-hybridized carbons (Fsp3) is 0.429. The predicted molar refractivity (Wildman–Crippen MR) is 73.0 cm³/mol. The molecule has 6 heteroatoms. The third-order valence-electron chi connectivity index (χ3n) is 3.42. The van der Waals surface area contributed by atoms with Crippen LogP contribution in [0.3, 0.4) is 0 Å². The summed E-state index contributed by atoms with van der Waals surface area (Å²) in [5.74, 6) is -0.367. The van der Waals surface area contributed by atoms with E-state index in [1.54, 1.807) is 18.2 Å². The van der Waals surface area contributed by atoms with Gasteiger partial charge in [-0.3, -0.25) is 9.69 Å². The molecule has 0 saturated carbocycles. The molecule has 20 heavy (non-hydrogen) atoms. The van der Waals surface area contributed by atoms with Crippen LogP contribution >= 0.6 is 11.6 Å². The van der Waals surface area contributed by atoms with Crippen LogP contribution in [0.1, 0.15) is 17.5 Å². The molecule has 0 unspecified atom stereocenters. The van der Waals surface area contributed by atoms with E-state index in [2.05, 4.69) is 6.07 Å². The zero-order valence-electron chi connectivity index (χ0n) is 11.0. The molecule has 0 aliphatic carbocycles. The maximum absolute atomic E-state index is 11.7. The molecule has 2 atom stereocenters. The van der Waals surface area contributed by atoms with Crippen molar-refractivity contribution in [2.75, 3.05) is 13.7 Å². The van der Waals surface area contributed by atoms with Crippen LogP contribution in [0.15, 0.2) is 18.2 Å². The van der Waals surface area contributed by atoms with E-state index in [4.69, 9.17) is 21.6 Å². The molecule has 2 rings (SSSR count). The number of methoxy groups -OCH3 is 1. The van der Waals surface area contributed by atoms with E-state index in [9.17, 15) is 9.90 Å². The van der Waals surface area contributed by atoms with Gasteiger partial charge in [0, 0.05) is 24.5 Å². The summed E-state index contributed by atoms with van der Waals surface area (Å²) in [5, 5.41) is 19.3. The van der Waals surface area contributed by atoms with E-state index in [0.29, 0.717) is 30.1 Å². The van der Waals surface area contributed by atoms with Gasteiger partial charge in [-0.15, -0.1) is 0 Å². The van der Waals surface area contributed by atoms with Gasteiger partial charge in [-0.2, -0.15) is 5.26 Å². The summed E-state index contributed by atoms with van der Waals surface area (Å²) < 4.78 is 4.75. The fourth-order valence-corrected chi connectivity index (χ4v) is 2.62. The van der Waals surface area contributed by atoms with Crippen LogP contribution in [-0.2, 0) is 16.1 Å². The maximum Gasteiger partial charge on any atom is 0.323 e. The van der Waals surface area contributed by atoms with E-state index >= 15 is 0 Å². The highest BCUT2D eigenvalue weighted by atomic mass is 35.5. The van der Waals surface area contributed by atoms with Crippen molar-refractivity contribution in [1.29, 1.82) is 5.26 Å². The smallest absolute Gasteiger partial charge is 0.323 e. The SMILES string of the molecule is COC(=O)[C@@H]1C[C@@H](O)CN1Cc1ccc(Cl)cc1C#N. The Kier molecular flexibility index (Phi) is 4.61. The van der Waals surface area contributed by atoms with Crippen LogP contribution in [0.5, 0.6) is 0 Å². The number of benzene rings is 1. The van der Waals surface area contributed by atoms with E-state index in [0.717, 1.165) is 5.56 Å². The van der Waals surface area contributed by atoms with E-state index in [-0.39, 0.29) is 5.97 Å². The quantitative estimate of drug-likeness (QED) is 0.851. The number of esters is 1. The second kappa shape index (κ2) is 6.23. The Balaban J connectivity index is 2.20. The summed E-state index contributed by atoms with van der Waals surface area (Å²) in [5.41, 5.74) is 1.25. The van der Waals surface area contributed by atoms with Crippen LogP contribution in [0.4, 0.5) is 0 Å². The lowest BCUT2D eigenvalue weighted by Crippen LogP contribution is -2.36. The number of nitriles is 1. The molecule has 0 aromatic heterocycles. The average molecular weight is 295 g/mol. The second-order valence-electron chi connectivity index (χ2n) is 4.77. The van der Waals surface area contributed by atoms with Crippen LogP contribution in [0.2, 0.25) is 5.02 Å². The molecule has 1 aliphatic rings. The first-order chi connectivity index (χ1) is 9.55. The van der Waals surface area contributed by atoms with Crippen molar-refractivity contribution in [3.05, 3.63) is 34.3 Å². The summed E-state index contributed by atoms with van der Waals surface area (Å²) in [6, 6.07) is 6.68. The van der Waals surface area contributed by atoms with Crippen molar-refractivity contribution in [1.82, 2.24) is 4.90 Å². The van der Waals surface area contributed by atoms with Gasteiger partial charge in [0.1, 0.15) is 6.04 Å². The van der Waals surface area contributed by atoms with E-state index in [1.165, 1.54) is 7.11 Å². The Morgan fingerprint density at radius 3 is 3.05 bits per heavy atom. The number of carbonyl (C=O) groups excluding carboxylic acids is 1. The highest BCUT2D eigenvalue weighted by molar-refractivity contribution is 6.30. The van der Waals surface area contributed by atoms with Crippen molar-refractivity contribution in [2.24, 2.45) is 0 Å². The van der Waals surface area contributed by atoms with Gasteiger partial charge in [0.15, 0.2) is 0 Å². The Labute approximate surface area is 122 Å². The van der Waals surface area contributed by atoms with Crippen LogP contribution in [0.25, 0.3) is 0 Å². The van der Waals surface area contributed by atoms with Crippen LogP contribution in [-0.4, -0.2) is 41.8 Å². The van der Waals surface area contributed by atoms with Crippen LogP contribution < -0.4 is 0 Å². The topological polar surface area (TPSA) is 73.6 Å². The molecule has 0 spiro atoms. The molecule has 0 bridgehead atoms. The number of halogens is 1. The molecule has 0 amide bonds. The molecule has 1 aromatic rings. The molecule has 1 aromatic carbocycles. The number of β-amino-alcohol motifs (C(OH)–C–C–N with tert-alkyl or cyclic N) is 1. The third kappa shape index (κ3) is 3.10. The molecule has 106 valence electrons. The first-order valence-electron chi connectivity index (χ1n) is 6.23. The first-order valence-corrected chi connectivity index (χ1v) is 6.61. The highest BCUT2D eigenvalue weighted by Crippen LogP contribution is 2.24. The lowest BCUT2D eigenvalue weighted by atomic mass is 10.1. The second-order valence-corrected chi connectivity index (χ2v) is 5.21. The molecular formula is C14H15ClN2O3. The minimum absolute atomic E-state index is 0.349. The lowest BCUT2D eigenvalue weighted by Gasteiger charge is -2.22. The molecule has 1 saturated heterocycles. The van der Waals surface area contributed by atoms with Gasteiger partial charge < -0.3 is 9.84 Å². The number of aliphatic hydroxyl groups is 1.